The highest BCUT2D eigenvalue weighted by Gasteiger charge is 2.30. The standard InChI is InChI=1S/C33H35BrN2O2/c1-2-3-22-35-33(38)31(23-25-10-5-4-6-11-25)36(24-26-16-19-29(34)20-17-26)32(37)21-18-28-14-9-13-27-12-7-8-15-30(27)28/h4-17,19-20,31H,2-3,18,21-24H2,1H3,(H,35,38). The molecule has 38 heavy (non-hydrogen) atoms. The smallest absolute Gasteiger partial charge is 0.243 e. The SMILES string of the molecule is CCCCNC(=O)C(Cc1ccccc1)N(Cc1ccc(Br)cc1)C(=O)CCc1cccc2ccccc12. The molecule has 4 nitrogen and oxygen atoms in total. The first-order valence-corrected chi connectivity index (χ1v) is 14.2. The third kappa shape index (κ3) is 7.55. The number of nitrogens with one attached hydrogen (secondary N) is 1. The van der Waals surface area contributed by atoms with Crippen LogP contribution in [0.4, 0.5) is 0 Å². The molecule has 0 bridgehead atoms. The summed E-state index contributed by atoms with van der Waals surface area (Å²) >= 11 is 3.50. The van der Waals surface area contributed by atoms with Crippen LogP contribution in [-0.4, -0.2) is 29.3 Å². The van der Waals surface area contributed by atoms with E-state index < -0.39 is 6.04 Å². The van der Waals surface area contributed by atoms with Gasteiger partial charge in [-0.25, -0.2) is 0 Å². The molecule has 0 aromatic heterocycles. The molecule has 0 saturated heterocycles. The molecule has 0 heterocycles. The minimum Gasteiger partial charge on any atom is -0.354 e. The number of aryl methyl sites for hydroxylation is 1. The Bertz CT molecular complexity index is 1330. The van der Waals surface area contributed by atoms with Crippen molar-refractivity contribution >= 4 is 38.5 Å². The number of amides is 2. The predicted octanol–water partition coefficient (Wildman–Crippen LogP) is 7.09. The summed E-state index contributed by atoms with van der Waals surface area (Å²) in [4.78, 5) is 29.3. The van der Waals surface area contributed by atoms with Crippen LogP contribution in [-0.2, 0) is 29.0 Å². The monoisotopic (exact) mass is 570 g/mol. The van der Waals surface area contributed by atoms with E-state index in [-0.39, 0.29) is 11.8 Å². The molecular weight excluding hydrogens is 536 g/mol. The first-order valence-electron chi connectivity index (χ1n) is 13.4. The Kier molecular flexibility index (Phi) is 10.1. The lowest BCUT2D eigenvalue weighted by molar-refractivity contribution is -0.141. The molecule has 4 rings (SSSR count). The van der Waals surface area contributed by atoms with Crippen LogP contribution in [0.1, 0.15) is 42.9 Å². The number of benzene rings is 4. The van der Waals surface area contributed by atoms with Crippen molar-refractivity contribution in [3.8, 4) is 0 Å². The van der Waals surface area contributed by atoms with Crippen molar-refractivity contribution in [2.75, 3.05) is 6.54 Å². The molecule has 2 amide bonds. The maximum absolute atomic E-state index is 13.9. The Morgan fingerprint density at radius 2 is 1.55 bits per heavy atom. The fourth-order valence-electron chi connectivity index (χ4n) is 4.74. The second-order valence-electron chi connectivity index (χ2n) is 9.64. The lowest BCUT2D eigenvalue weighted by Crippen LogP contribution is -2.50. The summed E-state index contributed by atoms with van der Waals surface area (Å²) in [6.07, 6.45) is 3.32. The van der Waals surface area contributed by atoms with Gasteiger partial charge in [0.05, 0.1) is 0 Å². The van der Waals surface area contributed by atoms with Crippen LogP contribution in [0.3, 0.4) is 0 Å². The van der Waals surface area contributed by atoms with Crippen LogP contribution in [0.25, 0.3) is 10.8 Å². The molecule has 0 fully saturated rings. The second-order valence-corrected chi connectivity index (χ2v) is 10.6. The van der Waals surface area contributed by atoms with Gasteiger partial charge in [0.1, 0.15) is 6.04 Å². The zero-order chi connectivity index (χ0) is 26.7. The summed E-state index contributed by atoms with van der Waals surface area (Å²) in [5, 5.41) is 5.43. The molecule has 0 aliphatic carbocycles. The summed E-state index contributed by atoms with van der Waals surface area (Å²) in [5.74, 6) is -0.120. The third-order valence-corrected chi connectivity index (χ3v) is 7.38. The molecule has 4 aromatic carbocycles. The predicted molar refractivity (Wildman–Crippen MR) is 159 cm³/mol. The van der Waals surface area contributed by atoms with Gasteiger partial charge in [-0.05, 0) is 52.4 Å². The number of unbranched alkanes of at least 4 members (excludes halogenated alkanes) is 1. The quantitative estimate of drug-likeness (QED) is 0.185. The van der Waals surface area contributed by atoms with E-state index >= 15 is 0 Å². The van der Waals surface area contributed by atoms with Crippen molar-refractivity contribution in [1.29, 1.82) is 0 Å². The van der Waals surface area contributed by atoms with E-state index in [1.54, 1.807) is 4.90 Å². The molecule has 0 spiro atoms. The largest absolute Gasteiger partial charge is 0.354 e. The van der Waals surface area contributed by atoms with E-state index in [2.05, 4.69) is 52.4 Å². The summed E-state index contributed by atoms with van der Waals surface area (Å²) in [6.45, 7) is 3.08. The summed E-state index contributed by atoms with van der Waals surface area (Å²) < 4.78 is 0.980. The Morgan fingerprint density at radius 3 is 2.32 bits per heavy atom. The van der Waals surface area contributed by atoms with Crippen molar-refractivity contribution in [3.05, 3.63) is 118 Å². The molecule has 1 atom stereocenters. The molecule has 0 aliphatic heterocycles. The minimum absolute atomic E-state index is 0.0209. The molecule has 0 radical (unpaired) electrons. The number of carbonyl (C=O) groups excluding carboxylic acids is 2. The topological polar surface area (TPSA) is 49.4 Å². The fourth-order valence-corrected chi connectivity index (χ4v) is 5.01. The number of halogens is 1. The zero-order valence-electron chi connectivity index (χ0n) is 21.9. The van der Waals surface area contributed by atoms with Gasteiger partial charge in [0.15, 0.2) is 0 Å². The van der Waals surface area contributed by atoms with Gasteiger partial charge < -0.3 is 10.2 Å². The van der Waals surface area contributed by atoms with Crippen molar-refractivity contribution in [3.63, 3.8) is 0 Å². The Balaban J connectivity index is 1.62. The lowest BCUT2D eigenvalue weighted by Gasteiger charge is -2.32. The Hall–Kier alpha value is -3.44. The van der Waals surface area contributed by atoms with Gasteiger partial charge in [-0.15, -0.1) is 0 Å². The van der Waals surface area contributed by atoms with Crippen LogP contribution in [0.15, 0.2) is 102 Å². The van der Waals surface area contributed by atoms with Crippen LogP contribution >= 0.6 is 15.9 Å². The van der Waals surface area contributed by atoms with E-state index in [4.69, 9.17) is 0 Å². The molecule has 1 N–H and O–H groups in total. The molecule has 5 heteroatoms. The zero-order valence-corrected chi connectivity index (χ0v) is 23.5. The van der Waals surface area contributed by atoms with E-state index in [9.17, 15) is 9.59 Å². The van der Waals surface area contributed by atoms with Gasteiger partial charge in [-0.1, -0.05) is 114 Å². The van der Waals surface area contributed by atoms with Crippen LogP contribution in [0.2, 0.25) is 0 Å². The molecule has 4 aromatic rings. The number of hydrogen-bond acceptors (Lipinski definition) is 2. The number of rotatable bonds is 12. The maximum atomic E-state index is 13.9. The van der Waals surface area contributed by atoms with Crippen molar-refractivity contribution in [2.24, 2.45) is 0 Å². The van der Waals surface area contributed by atoms with Gasteiger partial charge in [0.2, 0.25) is 11.8 Å². The Morgan fingerprint density at radius 1 is 0.842 bits per heavy atom. The summed E-state index contributed by atoms with van der Waals surface area (Å²) in [6, 6.07) is 31.8. The van der Waals surface area contributed by atoms with Crippen molar-refractivity contribution in [1.82, 2.24) is 10.2 Å². The molecule has 1 unspecified atom stereocenters. The van der Waals surface area contributed by atoms with E-state index in [1.165, 1.54) is 10.8 Å². The normalized spacial score (nSPS) is 11.7. The molecule has 0 saturated carbocycles. The summed E-state index contributed by atoms with van der Waals surface area (Å²) in [5.41, 5.74) is 3.17. The second kappa shape index (κ2) is 13.9. The van der Waals surface area contributed by atoms with Gasteiger partial charge in [-0.3, -0.25) is 9.59 Å². The number of carbonyl (C=O) groups is 2. The first-order chi connectivity index (χ1) is 18.5. The van der Waals surface area contributed by atoms with E-state index in [0.29, 0.717) is 32.4 Å². The van der Waals surface area contributed by atoms with Crippen molar-refractivity contribution < 1.29 is 9.59 Å². The molecular formula is C33H35BrN2O2. The minimum atomic E-state index is -0.599. The van der Waals surface area contributed by atoms with Crippen molar-refractivity contribution in [2.45, 2.75) is 51.6 Å². The highest BCUT2D eigenvalue weighted by atomic mass is 79.9. The van der Waals surface area contributed by atoms with E-state index in [1.807, 2.05) is 72.8 Å². The first kappa shape index (κ1) is 27.6. The summed E-state index contributed by atoms with van der Waals surface area (Å²) in [7, 11) is 0. The van der Waals surface area contributed by atoms with Gasteiger partial charge in [-0.2, -0.15) is 0 Å². The maximum Gasteiger partial charge on any atom is 0.243 e. The number of nitrogens with zero attached hydrogens (tertiary/aromatic N) is 1. The number of hydrogen-bond donors (Lipinski definition) is 1. The molecule has 0 aliphatic rings. The lowest BCUT2D eigenvalue weighted by atomic mass is 9.99. The Labute approximate surface area is 234 Å². The highest BCUT2D eigenvalue weighted by molar-refractivity contribution is 9.10. The van der Waals surface area contributed by atoms with Crippen LogP contribution < -0.4 is 5.32 Å². The van der Waals surface area contributed by atoms with Crippen LogP contribution in [0.5, 0.6) is 0 Å². The van der Waals surface area contributed by atoms with Crippen LogP contribution in [0, 0.1) is 0 Å². The highest BCUT2D eigenvalue weighted by Crippen LogP contribution is 2.22. The molecule has 196 valence electrons. The van der Waals surface area contributed by atoms with Gasteiger partial charge >= 0.3 is 0 Å². The fraction of sp³-hybridized carbons (Fsp3) is 0.273. The van der Waals surface area contributed by atoms with Gasteiger partial charge in [0.25, 0.3) is 0 Å². The number of fused-ring (bicyclic) bond motifs is 1. The van der Waals surface area contributed by atoms with E-state index in [0.717, 1.165) is 34.0 Å². The third-order valence-electron chi connectivity index (χ3n) is 6.85. The van der Waals surface area contributed by atoms with Gasteiger partial charge in [0, 0.05) is 30.4 Å². The average Bonchev–Trinajstić information content (AvgIpc) is 2.95. The average molecular weight is 572 g/mol.